The summed E-state index contributed by atoms with van der Waals surface area (Å²) in [6.45, 7) is 14.5. The van der Waals surface area contributed by atoms with Crippen LogP contribution in [0.1, 0.15) is 105 Å². The van der Waals surface area contributed by atoms with Crippen molar-refractivity contribution in [2.45, 2.75) is 148 Å². The fourth-order valence-corrected chi connectivity index (χ4v) is 7.24. The van der Waals surface area contributed by atoms with E-state index in [4.69, 9.17) is 19.9 Å². The maximum absolute atomic E-state index is 14.4. The first-order valence-electron chi connectivity index (χ1n) is 22.1. The van der Waals surface area contributed by atoms with Crippen LogP contribution in [0.25, 0.3) is 0 Å². The lowest BCUT2D eigenvalue weighted by Crippen LogP contribution is -2.63. The molecule has 1 fully saturated rings. The van der Waals surface area contributed by atoms with E-state index >= 15 is 0 Å². The van der Waals surface area contributed by atoms with E-state index in [9.17, 15) is 33.6 Å². The predicted octanol–water partition coefficient (Wildman–Crippen LogP) is 4.05. The lowest BCUT2D eigenvalue weighted by Gasteiger charge is -2.41. The summed E-state index contributed by atoms with van der Waals surface area (Å²) in [5.41, 5.74) is 4.20. The summed E-state index contributed by atoms with van der Waals surface area (Å²) >= 11 is 0. The van der Waals surface area contributed by atoms with Crippen LogP contribution < -0.4 is 32.3 Å². The highest BCUT2D eigenvalue weighted by molar-refractivity contribution is 5.95. The molecule has 0 aliphatic carbocycles. The number of nitrogens with two attached hydrogens (primary N) is 1. The molecular formula is C47H71N7O10. The maximum Gasteiger partial charge on any atom is 0.408 e. The van der Waals surface area contributed by atoms with E-state index in [0.29, 0.717) is 19.4 Å². The molecule has 17 heteroatoms. The van der Waals surface area contributed by atoms with Crippen LogP contribution >= 0.6 is 0 Å². The Bertz CT molecular complexity index is 1860. The molecular weight excluding hydrogens is 823 g/mol. The molecule has 354 valence electrons. The maximum atomic E-state index is 14.4. The van der Waals surface area contributed by atoms with Gasteiger partial charge < -0.3 is 51.4 Å². The number of methoxy groups -OCH3 is 1. The van der Waals surface area contributed by atoms with E-state index in [-0.39, 0.29) is 57.5 Å². The van der Waals surface area contributed by atoms with Crippen LogP contribution in [0.4, 0.5) is 9.59 Å². The van der Waals surface area contributed by atoms with Gasteiger partial charge in [-0.15, -0.1) is 0 Å². The Kier molecular flexibility index (Phi) is 20.0. The molecule has 4 unspecified atom stereocenters. The summed E-state index contributed by atoms with van der Waals surface area (Å²) < 4.78 is 15.9. The van der Waals surface area contributed by atoms with Gasteiger partial charge in [0.1, 0.15) is 40.9 Å². The molecule has 1 aliphatic heterocycles. The van der Waals surface area contributed by atoms with Crippen LogP contribution in [0.5, 0.6) is 0 Å². The number of benzene rings is 2. The average Bonchev–Trinajstić information content (AvgIpc) is 3.21. The van der Waals surface area contributed by atoms with Crippen molar-refractivity contribution in [2.24, 2.45) is 11.7 Å². The molecule has 0 saturated carbocycles. The van der Waals surface area contributed by atoms with Gasteiger partial charge in [0.25, 0.3) is 0 Å². The van der Waals surface area contributed by atoms with E-state index in [2.05, 4.69) is 26.6 Å². The number of nitrogens with one attached hydrogen (secondary N) is 5. The first-order chi connectivity index (χ1) is 30.0. The molecule has 1 saturated heterocycles. The fourth-order valence-electron chi connectivity index (χ4n) is 7.24. The van der Waals surface area contributed by atoms with Gasteiger partial charge in [-0.3, -0.25) is 19.2 Å². The van der Waals surface area contributed by atoms with E-state index in [0.717, 1.165) is 11.1 Å². The Labute approximate surface area is 378 Å². The highest BCUT2D eigenvalue weighted by Gasteiger charge is 2.46. The van der Waals surface area contributed by atoms with Crippen molar-refractivity contribution in [3.8, 4) is 0 Å². The number of carbonyl (C=O) groups excluding carboxylic acids is 7. The fraction of sp³-hybridized carbons (Fsp3) is 0.596. The van der Waals surface area contributed by atoms with Gasteiger partial charge in [0, 0.05) is 25.9 Å². The quantitative estimate of drug-likeness (QED) is 0.0630. The molecule has 0 bridgehead atoms. The predicted molar refractivity (Wildman–Crippen MR) is 242 cm³/mol. The van der Waals surface area contributed by atoms with Gasteiger partial charge in [0.2, 0.25) is 23.6 Å². The van der Waals surface area contributed by atoms with Crippen LogP contribution in [-0.2, 0) is 51.0 Å². The Morgan fingerprint density at radius 3 is 1.58 bits per heavy atom. The summed E-state index contributed by atoms with van der Waals surface area (Å²) in [7, 11) is 1.22. The van der Waals surface area contributed by atoms with E-state index in [1.165, 1.54) is 12.0 Å². The van der Waals surface area contributed by atoms with Crippen molar-refractivity contribution in [3.63, 3.8) is 0 Å². The second kappa shape index (κ2) is 24.4. The smallest absolute Gasteiger partial charge is 0.408 e. The van der Waals surface area contributed by atoms with Gasteiger partial charge in [0.05, 0.1) is 7.11 Å². The van der Waals surface area contributed by atoms with E-state index in [1.54, 1.807) is 53.7 Å². The molecule has 64 heavy (non-hydrogen) atoms. The number of ether oxygens (including phenoxy) is 3. The summed E-state index contributed by atoms with van der Waals surface area (Å²) in [4.78, 5) is 97.2. The molecule has 0 radical (unpaired) electrons. The number of hydrogen-bond donors (Lipinski definition) is 6. The number of hydrogen-bond acceptors (Lipinski definition) is 11. The van der Waals surface area contributed by atoms with Gasteiger partial charge in [-0.1, -0.05) is 74.5 Å². The monoisotopic (exact) mass is 894 g/mol. The molecule has 1 aliphatic rings. The van der Waals surface area contributed by atoms with Crippen molar-refractivity contribution >= 4 is 41.8 Å². The second-order valence-corrected chi connectivity index (χ2v) is 18.7. The molecule has 7 N–H and O–H groups in total. The zero-order valence-corrected chi connectivity index (χ0v) is 39.0. The summed E-state index contributed by atoms with van der Waals surface area (Å²) in [6.07, 6.45) is 0.189. The van der Waals surface area contributed by atoms with Gasteiger partial charge in [0.15, 0.2) is 0 Å². The summed E-state index contributed by atoms with van der Waals surface area (Å²) in [6, 6.07) is 13.7. The van der Waals surface area contributed by atoms with Crippen LogP contribution in [0.2, 0.25) is 0 Å². The number of piperidine rings is 1. The molecule has 6 amide bonds. The van der Waals surface area contributed by atoms with Crippen molar-refractivity contribution in [1.29, 1.82) is 0 Å². The minimum absolute atomic E-state index is 0.0359. The number of nitrogens with zero attached hydrogens (tertiary/aromatic N) is 1. The summed E-state index contributed by atoms with van der Waals surface area (Å²) in [5.74, 6) is -3.03. The van der Waals surface area contributed by atoms with Crippen molar-refractivity contribution in [2.75, 3.05) is 26.7 Å². The number of carbonyl (C=O) groups is 7. The first-order valence-corrected chi connectivity index (χ1v) is 22.1. The van der Waals surface area contributed by atoms with Crippen LogP contribution in [0, 0.1) is 5.92 Å². The average molecular weight is 894 g/mol. The highest BCUT2D eigenvalue weighted by Crippen LogP contribution is 2.26. The highest BCUT2D eigenvalue weighted by atomic mass is 16.6. The Morgan fingerprint density at radius 1 is 0.656 bits per heavy atom. The van der Waals surface area contributed by atoms with E-state index in [1.807, 2.05) is 62.4 Å². The number of rotatable bonds is 20. The topological polar surface area (TPSA) is 237 Å². The van der Waals surface area contributed by atoms with Gasteiger partial charge in [-0.25, -0.2) is 14.4 Å². The van der Waals surface area contributed by atoms with Gasteiger partial charge >= 0.3 is 18.2 Å². The zero-order valence-electron chi connectivity index (χ0n) is 39.0. The van der Waals surface area contributed by atoms with Crippen molar-refractivity contribution in [1.82, 2.24) is 31.5 Å². The van der Waals surface area contributed by atoms with Gasteiger partial charge in [-0.2, -0.15) is 0 Å². The number of esters is 1. The summed E-state index contributed by atoms with van der Waals surface area (Å²) in [5, 5.41) is 13.9. The Balaban J connectivity index is 1.87. The van der Waals surface area contributed by atoms with Crippen LogP contribution in [-0.4, -0.2) is 114 Å². The molecule has 17 nitrogen and oxygen atoms in total. The van der Waals surface area contributed by atoms with E-state index < -0.39 is 82.7 Å². The molecule has 3 rings (SSSR count). The first kappa shape index (κ1) is 52.6. The zero-order chi connectivity index (χ0) is 47.7. The molecule has 2 aromatic rings. The third-order valence-corrected chi connectivity index (χ3v) is 10.4. The van der Waals surface area contributed by atoms with Crippen molar-refractivity contribution in [3.05, 3.63) is 71.8 Å². The van der Waals surface area contributed by atoms with Crippen LogP contribution in [0.15, 0.2) is 60.7 Å². The SMILES string of the molecule is COC(=O)C1(NC(=O)OC(C)(C)C)CCN(C(=O)C(CCCCN)NC(=O)C(CC(C)C)NC(=O)C(Cc2ccccc2)NC(=O)C(Cc2ccccc2)NC(=O)OC(C)(C)C)CC1. The molecule has 0 aromatic heterocycles. The minimum Gasteiger partial charge on any atom is -0.467 e. The standard InChI is InChI=1S/C47H71N7O10/c1-31(2)28-35(38(55)49-34(22-16-17-25-48)41(58)54-26-23-47(24-27-54,42(59)62-9)53-44(61)64-46(6,7)8)50-39(56)36(29-32-18-12-10-13-19-32)51-40(57)37(30-33-20-14-11-15-21-33)52-43(60)63-45(3,4)5/h10-15,18-21,31,34-37H,16-17,22-30,48H2,1-9H3,(H,49,55)(H,50,56)(H,51,57)(H,52,60)(H,53,61). The third kappa shape index (κ3) is 17.8. The number of likely N-dealkylation sites (tertiary alicyclic amines) is 1. The largest absolute Gasteiger partial charge is 0.467 e. The van der Waals surface area contributed by atoms with Crippen LogP contribution in [0.3, 0.4) is 0 Å². The lowest BCUT2D eigenvalue weighted by molar-refractivity contribution is -0.153. The van der Waals surface area contributed by atoms with Crippen molar-refractivity contribution < 1.29 is 47.8 Å². The molecule has 2 aromatic carbocycles. The normalized spacial score (nSPS) is 15.6. The Morgan fingerprint density at radius 2 is 1.11 bits per heavy atom. The molecule has 0 spiro atoms. The molecule has 1 heterocycles. The Hall–Kier alpha value is -5.71. The number of amides is 6. The minimum atomic E-state index is -1.43. The van der Waals surface area contributed by atoms with Gasteiger partial charge in [-0.05, 0) is 104 Å². The molecule has 4 atom stereocenters. The lowest BCUT2D eigenvalue weighted by atomic mass is 9.87. The second-order valence-electron chi connectivity index (χ2n) is 18.7. The number of unbranched alkanes of at least 4 members (excludes halogenated alkanes) is 1. The number of alkyl carbamates (subject to hydrolysis) is 2. The third-order valence-electron chi connectivity index (χ3n) is 10.4.